The molecule has 536 valence electrons. The molecule has 2 fully saturated rings. The molecule has 2 saturated heterocycles. The largest absolute Gasteiger partial charge is 0.493 e. The van der Waals surface area contributed by atoms with E-state index in [2.05, 4.69) is 52.2 Å². The number of rotatable bonds is 26. The first-order valence-corrected chi connectivity index (χ1v) is 35.6. The lowest BCUT2D eigenvalue weighted by molar-refractivity contribution is -0.139. The van der Waals surface area contributed by atoms with E-state index >= 15 is 9.59 Å². The molecule has 8 amide bonds. The molecule has 4 heterocycles. The summed E-state index contributed by atoms with van der Waals surface area (Å²) in [5.41, 5.74) is 6.17. The van der Waals surface area contributed by atoms with Gasteiger partial charge in [0.05, 0.1) is 89.2 Å². The SMILES string of the molecule is CCOc1cc(C(C)(C)C)ccc1C1=N[C@H](c2ccc(Cl)cc2)[C@H](c2ccc(Cl)cc2)N1C(=O)N1CCN(CC(=O)NCCOCCOCCOCCNC(=O)CN2CCN(C(=O)N3C(c4ccc(C(C)(C)C)cc4OCC)=N[C@H](c4ccc(Cl)cc4)[C@@H]3c3ccc(Cl)cc3)CC2=O)C(=O)C1. The van der Waals surface area contributed by atoms with Crippen molar-refractivity contribution < 1.29 is 52.5 Å². The van der Waals surface area contributed by atoms with Crippen LogP contribution in [0, 0.1) is 0 Å². The summed E-state index contributed by atoms with van der Waals surface area (Å²) >= 11 is 25.6. The normalized spacial score (nSPS) is 18.1. The molecule has 0 bridgehead atoms. The van der Waals surface area contributed by atoms with Crippen LogP contribution in [0.5, 0.6) is 11.5 Å². The van der Waals surface area contributed by atoms with Gasteiger partial charge in [0.25, 0.3) is 0 Å². The molecule has 4 aliphatic rings. The lowest BCUT2D eigenvalue weighted by Crippen LogP contribution is -2.57. The van der Waals surface area contributed by atoms with Crippen LogP contribution in [0.2, 0.25) is 20.1 Å². The topological polar surface area (TPSA) is 217 Å². The summed E-state index contributed by atoms with van der Waals surface area (Å²) in [6.45, 7) is 18.8. The van der Waals surface area contributed by atoms with Crippen LogP contribution in [0.25, 0.3) is 0 Å². The van der Waals surface area contributed by atoms with Gasteiger partial charge in [-0.05, 0) is 131 Å². The van der Waals surface area contributed by atoms with Gasteiger partial charge in [-0.2, -0.15) is 0 Å². The average molecular weight is 1460 g/mol. The van der Waals surface area contributed by atoms with Crippen molar-refractivity contribution in [2.24, 2.45) is 9.98 Å². The second-order valence-corrected chi connectivity index (χ2v) is 28.7. The Morgan fingerprint density at radius 2 is 0.782 bits per heavy atom. The maximum Gasteiger partial charge on any atom is 0.326 e. The third-order valence-electron chi connectivity index (χ3n) is 17.9. The molecule has 4 atom stereocenters. The van der Waals surface area contributed by atoms with Crippen molar-refractivity contribution in [3.8, 4) is 11.5 Å². The lowest BCUT2D eigenvalue weighted by atomic mass is 9.86. The molecular weight excluding hydrogens is 1370 g/mol. The number of aliphatic imine (C=N–C) groups is 2. The molecule has 4 aliphatic heterocycles. The maximum atomic E-state index is 15.2. The van der Waals surface area contributed by atoms with Crippen LogP contribution >= 0.6 is 46.4 Å². The van der Waals surface area contributed by atoms with E-state index < -0.39 is 36.2 Å². The standard InChI is InChI=1S/C76H88Cl4N10O11/c1-9-100-61-43-53(75(3,4)5)19-29-59(61)71-83-67(49-11-21-55(77)22-12-49)69(51-15-25-57(79)26-16-51)89(71)73(95)87-35-33-85(65(93)47-87)45-63(91)81-31-37-97-39-41-99-42-40-98-38-32-82-64(92)46-86-34-36-88(48-66(86)94)74(96)90-70(52-17-27-58(80)28-18-52)68(50-13-23-56(78)24-14-50)84-72(90)60-30-20-54(76(6,7)8)44-62(60)101-10-2/h11-30,43-44,67-70H,9-10,31-42,45-48H2,1-8H3,(H,81,91)(H,82,92)/t67-,68-,69+,70+/m1/s1. The molecule has 25 heteroatoms. The Kier molecular flexibility index (Phi) is 25.5. The van der Waals surface area contributed by atoms with Crippen LogP contribution in [0.4, 0.5) is 9.59 Å². The number of amidine groups is 2. The number of nitrogens with one attached hydrogen (secondary N) is 2. The number of hydrogen-bond acceptors (Lipinski definition) is 13. The third-order valence-corrected chi connectivity index (χ3v) is 18.9. The predicted octanol–water partition coefficient (Wildman–Crippen LogP) is 12.3. The summed E-state index contributed by atoms with van der Waals surface area (Å²) in [4.78, 5) is 104. The van der Waals surface area contributed by atoms with E-state index in [1.165, 1.54) is 19.6 Å². The number of carbonyl (C=O) groups excluding carboxylic acids is 6. The number of piperazine rings is 2. The highest BCUT2D eigenvalue weighted by Gasteiger charge is 2.48. The van der Waals surface area contributed by atoms with Crippen molar-refractivity contribution in [2.45, 2.75) is 90.4 Å². The molecule has 0 spiro atoms. The van der Waals surface area contributed by atoms with E-state index in [1.54, 1.807) is 58.3 Å². The molecule has 6 aromatic carbocycles. The fraction of sp³-hybridized carbons (Fsp3) is 0.421. The number of urea groups is 2. The van der Waals surface area contributed by atoms with Gasteiger partial charge in [0, 0.05) is 59.4 Å². The Hall–Kier alpha value is -8.28. The first-order valence-electron chi connectivity index (χ1n) is 34.1. The smallest absolute Gasteiger partial charge is 0.326 e. The summed E-state index contributed by atoms with van der Waals surface area (Å²) in [7, 11) is 0. The van der Waals surface area contributed by atoms with Crippen LogP contribution in [-0.4, -0.2) is 195 Å². The fourth-order valence-electron chi connectivity index (χ4n) is 12.5. The molecule has 10 rings (SSSR count). The van der Waals surface area contributed by atoms with Crippen LogP contribution in [0.1, 0.15) is 124 Å². The highest BCUT2D eigenvalue weighted by atomic mass is 35.5. The zero-order valence-corrected chi connectivity index (χ0v) is 61.3. The van der Waals surface area contributed by atoms with Gasteiger partial charge in [0.2, 0.25) is 23.6 Å². The molecule has 2 N–H and O–H groups in total. The molecule has 0 aliphatic carbocycles. The van der Waals surface area contributed by atoms with Gasteiger partial charge in [-0.1, -0.05) is 149 Å². The van der Waals surface area contributed by atoms with Crippen LogP contribution in [0.3, 0.4) is 0 Å². The van der Waals surface area contributed by atoms with E-state index in [0.717, 1.165) is 33.4 Å². The number of halogens is 4. The third kappa shape index (κ3) is 18.9. The first-order chi connectivity index (χ1) is 48.4. The molecule has 0 unspecified atom stereocenters. The predicted molar refractivity (Wildman–Crippen MR) is 392 cm³/mol. The molecule has 0 aromatic heterocycles. The second kappa shape index (κ2) is 34.1. The van der Waals surface area contributed by atoms with Crippen molar-refractivity contribution in [1.82, 2.24) is 40.0 Å². The monoisotopic (exact) mass is 1460 g/mol. The fourth-order valence-corrected chi connectivity index (χ4v) is 13.0. The summed E-state index contributed by atoms with van der Waals surface area (Å²) in [6.07, 6.45) is 0. The highest BCUT2D eigenvalue weighted by Crippen LogP contribution is 2.48. The van der Waals surface area contributed by atoms with Crippen molar-refractivity contribution in [3.05, 3.63) is 198 Å². The zero-order chi connectivity index (χ0) is 72.1. The number of ether oxygens (including phenoxy) is 5. The molecular formula is C76H88Cl4N10O11. The Bertz CT molecular complexity index is 3730. The van der Waals surface area contributed by atoms with Gasteiger partial charge in [0.1, 0.15) is 48.3 Å². The number of hydrogen-bond donors (Lipinski definition) is 2. The molecule has 6 aromatic rings. The Labute approximate surface area is 610 Å². The quantitative estimate of drug-likeness (QED) is 0.0487. The second-order valence-electron chi connectivity index (χ2n) is 27.0. The molecule has 21 nitrogen and oxygen atoms in total. The zero-order valence-electron chi connectivity index (χ0n) is 58.3. The maximum absolute atomic E-state index is 15.2. The van der Waals surface area contributed by atoms with Gasteiger partial charge in [-0.3, -0.25) is 39.0 Å². The van der Waals surface area contributed by atoms with E-state index in [9.17, 15) is 19.2 Å². The number of benzene rings is 6. The van der Waals surface area contributed by atoms with Gasteiger partial charge in [-0.15, -0.1) is 0 Å². The van der Waals surface area contributed by atoms with Crippen molar-refractivity contribution in [3.63, 3.8) is 0 Å². The lowest BCUT2D eigenvalue weighted by Gasteiger charge is -2.38. The summed E-state index contributed by atoms with van der Waals surface area (Å²) in [5, 5.41) is 7.80. The Morgan fingerprint density at radius 1 is 0.455 bits per heavy atom. The minimum atomic E-state index is -0.650. The molecule has 0 saturated carbocycles. The van der Waals surface area contributed by atoms with Crippen LogP contribution in [0.15, 0.2) is 143 Å². The van der Waals surface area contributed by atoms with Gasteiger partial charge in [0.15, 0.2) is 0 Å². The first kappa shape index (κ1) is 75.4. The van der Waals surface area contributed by atoms with E-state index in [4.69, 9.17) is 80.1 Å². The Morgan fingerprint density at radius 3 is 1.10 bits per heavy atom. The highest BCUT2D eigenvalue weighted by molar-refractivity contribution is 6.31. The van der Waals surface area contributed by atoms with Gasteiger partial charge < -0.3 is 53.9 Å². The minimum absolute atomic E-state index is 0.125. The van der Waals surface area contributed by atoms with E-state index in [1.807, 2.05) is 98.8 Å². The van der Waals surface area contributed by atoms with Gasteiger partial charge in [-0.25, -0.2) is 9.59 Å². The van der Waals surface area contributed by atoms with Crippen molar-refractivity contribution >= 4 is 93.8 Å². The number of nitrogens with zero attached hydrogens (tertiary/aromatic N) is 8. The van der Waals surface area contributed by atoms with Crippen LogP contribution < -0.4 is 20.1 Å². The van der Waals surface area contributed by atoms with Crippen molar-refractivity contribution in [1.29, 1.82) is 0 Å². The number of amides is 8. The molecule has 101 heavy (non-hydrogen) atoms. The van der Waals surface area contributed by atoms with Gasteiger partial charge >= 0.3 is 12.1 Å². The Balaban J connectivity index is 0.637. The van der Waals surface area contributed by atoms with Crippen LogP contribution in [-0.2, 0) is 44.2 Å². The average Bonchev–Trinajstić information content (AvgIpc) is 1.61. The summed E-state index contributed by atoms with van der Waals surface area (Å²) in [6, 6.07) is 38.0. The number of carbonyl (C=O) groups is 6. The summed E-state index contributed by atoms with van der Waals surface area (Å²) in [5.74, 6) is 0.423. The van der Waals surface area contributed by atoms with E-state index in [0.29, 0.717) is 67.6 Å². The molecule has 0 radical (unpaired) electrons. The van der Waals surface area contributed by atoms with Crippen molar-refractivity contribution in [2.75, 3.05) is 118 Å². The van der Waals surface area contributed by atoms with E-state index in [-0.39, 0.29) is 140 Å². The summed E-state index contributed by atoms with van der Waals surface area (Å²) < 4.78 is 29.5. The minimum Gasteiger partial charge on any atom is -0.493 e.